The van der Waals surface area contributed by atoms with Gasteiger partial charge >= 0.3 is 0 Å². The molecule has 0 aliphatic rings. The van der Waals surface area contributed by atoms with Crippen molar-refractivity contribution in [2.75, 3.05) is 0 Å². The molecule has 1 rings (SSSR count). The summed E-state index contributed by atoms with van der Waals surface area (Å²) < 4.78 is 0. The average molecular weight is 220 g/mol. The van der Waals surface area contributed by atoms with Gasteiger partial charge in [-0.1, -0.05) is 57.7 Å². The molecule has 1 heteroatoms. The number of phenols is 1. The van der Waals surface area contributed by atoms with Gasteiger partial charge in [0.2, 0.25) is 0 Å². The molecule has 0 amide bonds. The minimum atomic E-state index is 0.453. The molecule has 0 saturated heterocycles. The molecule has 0 aromatic heterocycles. The molecule has 1 aromatic carbocycles. The Morgan fingerprint density at radius 1 is 1.00 bits per heavy atom. The molecule has 0 radical (unpaired) electrons. The molecular weight excluding hydrogens is 196 g/mol. The number of phenolic OH excluding ortho intramolecular Hbond substituents is 1. The van der Waals surface area contributed by atoms with Crippen molar-refractivity contribution in [3.05, 3.63) is 29.8 Å². The van der Waals surface area contributed by atoms with Crippen molar-refractivity contribution in [2.24, 2.45) is 5.92 Å². The zero-order valence-corrected chi connectivity index (χ0v) is 10.6. The van der Waals surface area contributed by atoms with Gasteiger partial charge in [0.05, 0.1) is 0 Å². The first kappa shape index (κ1) is 13.1. The predicted octanol–water partition coefficient (Wildman–Crippen LogP) is 4.54. The molecule has 0 fully saturated rings. The summed E-state index contributed by atoms with van der Waals surface area (Å²) in [5.74, 6) is 1.28. The fourth-order valence-corrected chi connectivity index (χ4v) is 2.33. The van der Waals surface area contributed by atoms with Crippen molar-refractivity contribution in [3.63, 3.8) is 0 Å². The molecule has 1 N–H and O–H groups in total. The summed E-state index contributed by atoms with van der Waals surface area (Å²) in [7, 11) is 0. The van der Waals surface area contributed by atoms with Gasteiger partial charge in [0.25, 0.3) is 0 Å². The van der Waals surface area contributed by atoms with Crippen LogP contribution in [0.4, 0.5) is 0 Å². The molecule has 16 heavy (non-hydrogen) atoms. The summed E-state index contributed by atoms with van der Waals surface area (Å²) >= 11 is 0. The summed E-state index contributed by atoms with van der Waals surface area (Å²) in [6, 6.07) is 7.70. The molecule has 0 aliphatic heterocycles. The highest BCUT2D eigenvalue weighted by molar-refractivity contribution is 5.31. The van der Waals surface area contributed by atoms with Crippen LogP contribution in [0.15, 0.2) is 24.3 Å². The van der Waals surface area contributed by atoms with Gasteiger partial charge in [0, 0.05) is 0 Å². The van der Waals surface area contributed by atoms with E-state index < -0.39 is 0 Å². The van der Waals surface area contributed by atoms with E-state index in [9.17, 15) is 5.11 Å². The molecule has 90 valence electrons. The highest BCUT2D eigenvalue weighted by Crippen LogP contribution is 2.23. The van der Waals surface area contributed by atoms with Crippen LogP contribution in [0.25, 0.3) is 0 Å². The van der Waals surface area contributed by atoms with E-state index in [1.807, 2.05) is 18.2 Å². The SMILES string of the molecule is CCCC(CCC)CCc1ccccc1O. The van der Waals surface area contributed by atoms with E-state index in [0.717, 1.165) is 17.9 Å². The van der Waals surface area contributed by atoms with Crippen molar-refractivity contribution in [3.8, 4) is 5.75 Å². The van der Waals surface area contributed by atoms with E-state index in [0.29, 0.717) is 5.75 Å². The topological polar surface area (TPSA) is 20.2 Å². The third-order valence-electron chi connectivity index (χ3n) is 3.21. The smallest absolute Gasteiger partial charge is 0.118 e. The summed E-state index contributed by atoms with van der Waals surface area (Å²) in [6.07, 6.45) is 7.40. The van der Waals surface area contributed by atoms with Crippen LogP contribution < -0.4 is 0 Å². The van der Waals surface area contributed by atoms with Gasteiger partial charge in [0.1, 0.15) is 5.75 Å². The largest absolute Gasteiger partial charge is 0.508 e. The molecule has 0 aliphatic carbocycles. The molecule has 1 aromatic rings. The molecule has 0 saturated carbocycles. The summed E-state index contributed by atoms with van der Waals surface area (Å²) in [5, 5.41) is 9.68. The lowest BCUT2D eigenvalue weighted by molar-refractivity contribution is 0.405. The lowest BCUT2D eigenvalue weighted by atomic mass is 9.91. The number of aryl methyl sites for hydroxylation is 1. The van der Waals surface area contributed by atoms with Crippen LogP contribution in [0, 0.1) is 5.92 Å². The second-order valence-corrected chi connectivity index (χ2v) is 4.61. The number of benzene rings is 1. The van der Waals surface area contributed by atoms with E-state index in [-0.39, 0.29) is 0 Å². The fourth-order valence-electron chi connectivity index (χ4n) is 2.33. The third kappa shape index (κ3) is 4.26. The zero-order chi connectivity index (χ0) is 11.8. The lowest BCUT2D eigenvalue weighted by Gasteiger charge is -2.15. The second-order valence-electron chi connectivity index (χ2n) is 4.61. The van der Waals surface area contributed by atoms with Crippen LogP contribution in [-0.4, -0.2) is 5.11 Å². The minimum Gasteiger partial charge on any atom is -0.508 e. The van der Waals surface area contributed by atoms with Crippen molar-refractivity contribution >= 4 is 0 Å². The minimum absolute atomic E-state index is 0.453. The van der Waals surface area contributed by atoms with Gasteiger partial charge in [-0.2, -0.15) is 0 Å². The first-order valence-electron chi connectivity index (χ1n) is 6.54. The van der Waals surface area contributed by atoms with Crippen LogP contribution >= 0.6 is 0 Å². The van der Waals surface area contributed by atoms with E-state index in [2.05, 4.69) is 13.8 Å². The molecule has 1 nitrogen and oxygen atoms in total. The van der Waals surface area contributed by atoms with Gasteiger partial charge in [0.15, 0.2) is 0 Å². The third-order valence-corrected chi connectivity index (χ3v) is 3.21. The maximum Gasteiger partial charge on any atom is 0.118 e. The Morgan fingerprint density at radius 3 is 2.19 bits per heavy atom. The van der Waals surface area contributed by atoms with Crippen LogP contribution in [0.3, 0.4) is 0 Å². The Balaban J connectivity index is 2.45. The van der Waals surface area contributed by atoms with Crippen molar-refractivity contribution in [2.45, 2.75) is 52.4 Å². The molecule has 0 atom stereocenters. The van der Waals surface area contributed by atoms with Crippen molar-refractivity contribution in [1.82, 2.24) is 0 Å². The van der Waals surface area contributed by atoms with E-state index >= 15 is 0 Å². The summed E-state index contributed by atoms with van der Waals surface area (Å²) in [5.41, 5.74) is 1.10. The molecule has 0 unspecified atom stereocenters. The Morgan fingerprint density at radius 2 is 1.62 bits per heavy atom. The predicted molar refractivity (Wildman–Crippen MR) is 69.7 cm³/mol. The quantitative estimate of drug-likeness (QED) is 0.715. The molecule has 0 heterocycles. The van der Waals surface area contributed by atoms with Gasteiger partial charge in [-0.05, 0) is 30.4 Å². The first-order chi connectivity index (χ1) is 7.77. The lowest BCUT2D eigenvalue weighted by Crippen LogP contribution is -2.02. The van der Waals surface area contributed by atoms with Crippen LogP contribution in [0.2, 0.25) is 0 Å². The number of para-hydroxylation sites is 1. The van der Waals surface area contributed by atoms with Gasteiger partial charge in [-0.15, -0.1) is 0 Å². The molecular formula is C15H24O. The second kappa shape index (κ2) is 7.32. The van der Waals surface area contributed by atoms with Crippen molar-refractivity contribution in [1.29, 1.82) is 0 Å². The molecule has 0 bridgehead atoms. The Bertz CT molecular complexity index is 287. The standard InChI is InChI=1S/C15H24O/c1-3-7-13(8-4-2)11-12-14-9-5-6-10-15(14)16/h5-6,9-10,13,16H,3-4,7-8,11-12H2,1-2H3. The summed E-state index contributed by atoms with van der Waals surface area (Å²) in [4.78, 5) is 0. The highest BCUT2D eigenvalue weighted by Gasteiger charge is 2.08. The maximum atomic E-state index is 9.68. The van der Waals surface area contributed by atoms with Crippen LogP contribution in [-0.2, 0) is 6.42 Å². The normalized spacial score (nSPS) is 10.9. The van der Waals surface area contributed by atoms with Gasteiger partial charge in [-0.3, -0.25) is 0 Å². The Hall–Kier alpha value is -0.980. The number of aromatic hydroxyl groups is 1. The van der Waals surface area contributed by atoms with Crippen LogP contribution in [0.1, 0.15) is 51.5 Å². The van der Waals surface area contributed by atoms with E-state index in [1.54, 1.807) is 6.07 Å². The number of hydrogen-bond acceptors (Lipinski definition) is 1. The number of hydrogen-bond donors (Lipinski definition) is 1. The molecule has 0 spiro atoms. The zero-order valence-electron chi connectivity index (χ0n) is 10.6. The average Bonchev–Trinajstić information content (AvgIpc) is 2.28. The van der Waals surface area contributed by atoms with E-state index in [1.165, 1.54) is 32.1 Å². The fraction of sp³-hybridized carbons (Fsp3) is 0.600. The van der Waals surface area contributed by atoms with Gasteiger partial charge in [-0.25, -0.2) is 0 Å². The first-order valence-corrected chi connectivity index (χ1v) is 6.54. The van der Waals surface area contributed by atoms with Crippen molar-refractivity contribution < 1.29 is 5.11 Å². The monoisotopic (exact) mass is 220 g/mol. The summed E-state index contributed by atoms with van der Waals surface area (Å²) in [6.45, 7) is 4.51. The Kier molecular flexibility index (Phi) is 5.99. The maximum absolute atomic E-state index is 9.68. The van der Waals surface area contributed by atoms with E-state index in [4.69, 9.17) is 0 Å². The number of rotatable bonds is 7. The Labute approximate surface area is 99.5 Å². The highest BCUT2D eigenvalue weighted by atomic mass is 16.3. The van der Waals surface area contributed by atoms with Gasteiger partial charge < -0.3 is 5.11 Å². The van der Waals surface area contributed by atoms with Crippen LogP contribution in [0.5, 0.6) is 5.75 Å².